The second-order valence-electron chi connectivity index (χ2n) is 32.1. The highest BCUT2D eigenvalue weighted by Crippen LogP contribution is 2.34. The monoisotopic (exact) mass is 1520 g/mol. The number of nitrogens with one attached hydrogen (secondary N) is 1. The van der Waals surface area contributed by atoms with Crippen molar-refractivity contribution in [3.63, 3.8) is 0 Å². The van der Waals surface area contributed by atoms with Gasteiger partial charge in [0.2, 0.25) is 5.91 Å². The van der Waals surface area contributed by atoms with Crippen LogP contribution < -0.4 is 5.32 Å². The van der Waals surface area contributed by atoms with Gasteiger partial charge in [-0.05, 0) is 44.9 Å². The molecule has 0 spiro atoms. The molecule has 3 saturated heterocycles. The van der Waals surface area contributed by atoms with E-state index in [1.165, 1.54) is 308 Å². The summed E-state index contributed by atoms with van der Waals surface area (Å²) in [5.74, 6) is -0.281. The molecule has 19 nitrogen and oxygen atoms in total. The second kappa shape index (κ2) is 68.4. The summed E-state index contributed by atoms with van der Waals surface area (Å²) in [7, 11) is 0. The van der Waals surface area contributed by atoms with Crippen molar-refractivity contribution in [2.75, 3.05) is 26.4 Å². The smallest absolute Gasteiger partial charge is 0.220 e. The van der Waals surface area contributed by atoms with Crippen LogP contribution in [0.5, 0.6) is 0 Å². The molecule has 0 aromatic rings. The number of hydrogen-bond acceptors (Lipinski definition) is 18. The van der Waals surface area contributed by atoms with Gasteiger partial charge in [-0.2, -0.15) is 0 Å². The Morgan fingerprint density at radius 2 is 0.598 bits per heavy atom. The maximum atomic E-state index is 13.5. The van der Waals surface area contributed by atoms with Crippen LogP contribution in [0.4, 0.5) is 0 Å². The first-order valence-electron chi connectivity index (χ1n) is 44.7. The van der Waals surface area contributed by atoms with Gasteiger partial charge in [0, 0.05) is 6.42 Å². The fourth-order valence-electron chi connectivity index (χ4n) is 15.3. The zero-order valence-electron chi connectivity index (χ0n) is 67.9. The third-order valence-corrected chi connectivity index (χ3v) is 22.4. The number of carbonyl (C=O) groups excluding carboxylic acids is 1. The van der Waals surface area contributed by atoms with Gasteiger partial charge in [0.25, 0.3) is 0 Å². The summed E-state index contributed by atoms with van der Waals surface area (Å²) in [5, 5.41) is 121. The van der Waals surface area contributed by atoms with Crippen molar-refractivity contribution in [3.05, 3.63) is 36.5 Å². The van der Waals surface area contributed by atoms with E-state index in [2.05, 4.69) is 43.5 Å². The topological polar surface area (TPSA) is 307 Å². The molecule has 17 unspecified atom stereocenters. The van der Waals surface area contributed by atoms with Crippen molar-refractivity contribution in [2.45, 2.75) is 491 Å². The zero-order chi connectivity index (χ0) is 77.4. The van der Waals surface area contributed by atoms with Crippen LogP contribution in [0.2, 0.25) is 0 Å². The molecule has 107 heavy (non-hydrogen) atoms. The lowest BCUT2D eigenvalue weighted by molar-refractivity contribution is -0.379. The molecule has 3 heterocycles. The summed E-state index contributed by atoms with van der Waals surface area (Å²) in [6, 6.07) is -0.997. The predicted octanol–water partition coefficient (Wildman–Crippen LogP) is 16.6. The molecule has 0 aromatic carbocycles. The average molecular weight is 1530 g/mol. The van der Waals surface area contributed by atoms with Crippen molar-refractivity contribution in [1.82, 2.24) is 5.32 Å². The van der Waals surface area contributed by atoms with E-state index >= 15 is 0 Å². The van der Waals surface area contributed by atoms with E-state index < -0.39 is 124 Å². The van der Waals surface area contributed by atoms with Crippen LogP contribution in [0.15, 0.2) is 36.5 Å². The minimum Gasteiger partial charge on any atom is -0.394 e. The minimum absolute atomic E-state index is 0.237. The molecule has 0 radical (unpaired) electrons. The molecular formula is C88H165NO18. The van der Waals surface area contributed by atoms with Gasteiger partial charge in [-0.3, -0.25) is 4.79 Å². The van der Waals surface area contributed by atoms with Gasteiger partial charge >= 0.3 is 0 Å². The quantitative estimate of drug-likeness (QED) is 0.0199. The molecule has 0 aromatic heterocycles. The van der Waals surface area contributed by atoms with Crippen molar-refractivity contribution in [2.24, 2.45) is 0 Å². The van der Waals surface area contributed by atoms with Crippen LogP contribution in [-0.2, 0) is 33.2 Å². The molecule has 0 aliphatic carbocycles. The second-order valence-corrected chi connectivity index (χ2v) is 32.1. The summed E-state index contributed by atoms with van der Waals surface area (Å²) in [5.41, 5.74) is 0. The van der Waals surface area contributed by atoms with Gasteiger partial charge in [0.05, 0.1) is 38.6 Å². The van der Waals surface area contributed by atoms with E-state index in [1.54, 1.807) is 6.08 Å². The largest absolute Gasteiger partial charge is 0.394 e. The summed E-state index contributed by atoms with van der Waals surface area (Å²) < 4.78 is 34.5. The number of amides is 1. The Kier molecular flexibility index (Phi) is 63.4. The molecule has 12 N–H and O–H groups in total. The van der Waals surface area contributed by atoms with Gasteiger partial charge in [-0.25, -0.2) is 0 Å². The molecule has 3 rings (SSSR count). The van der Waals surface area contributed by atoms with Crippen LogP contribution in [0.3, 0.4) is 0 Å². The highest BCUT2D eigenvalue weighted by atomic mass is 16.8. The van der Waals surface area contributed by atoms with Crippen molar-refractivity contribution >= 4 is 5.91 Å². The van der Waals surface area contributed by atoms with E-state index in [0.29, 0.717) is 12.8 Å². The number of hydrogen-bond donors (Lipinski definition) is 12. The maximum absolute atomic E-state index is 13.5. The SMILES string of the molecule is CCCCCCCCCCCCCCCCCCCCCCCC/C=C/CC/C=C/CC/C=C/C(O)C(COC1OC(CO)C(OC2OC(CO)C(OC3OC(CO)C(O)C(O)C3O)C(O)C2O)C(O)C1O)NC(=O)CCCCCCCCCCCCCCCCCCCCCCCCCCCCCCCC. The Balaban J connectivity index is 1.35. The van der Waals surface area contributed by atoms with Gasteiger partial charge < -0.3 is 89.9 Å². The minimum atomic E-state index is -1.98. The molecule has 0 bridgehead atoms. The molecule has 19 heteroatoms. The third kappa shape index (κ3) is 47.5. The average Bonchev–Trinajstić information content (AvgIpc) is 0.781. The van der Waals surface area contributed by atoms with E-state index in [0.717, 1.165) is 44.9 Å². The number of carbonyl (C=O) groups is 1. The summed E-state index contributed by atoms with van der Waals surface area (Å²) in [6.45, 7) is 1.78. The molecule has 1 amide bonds. The summed E-state index contributed by atoms with van der Waals surface area (Å²) in [6.07, 6.45) is 60.2. The van der Waals surface area contributed by atoms with E-state index in [9.17, 15) is 61.0 Å². The number of rotatable bonds is 73. The Hall–Kier alpha value is -1.99. The number of allylic oxidation sites excluding steroid dienone is 5. The highest BCUT2D eigenvalue weighted by molar-refractivity contribution is 5.76. The standard InChI is InChI=1S/C88H165NO18/c1-3-5-7-9-11-13-15-17-19-21-23-25-27-29-31-33-35-36-37-39-41-43-45-47-49-51-53-55-57-59-61-63-65-72(93)71(89-76(94)66-64-62-60-58-56-54-52-50-48-46-44-42-40-38-34-32-30-28-26-24-22-20-18-16-14-12-10-8-6-4-2)70-102-86-82(100)79(97)84(74(68-91)104-86)107-88-83(101)80(98)85(75(69-92)105-88)106-87-81(99)78(96)77(95)73(67-90)103-87/h47,49,55,57,63,65,71-75,77-88,90-93,95-101H,3-46,48,50-54,56,58-62,64,66-70H2,1-2H3,(H,89,94)/b49-47+,57-55+,65-63+. The van der Waals surface area contributed by atoms with Crippen molar-refractivity contribution < 1.29 is 89.4 Å². The Morgan fingerprint density at radius 3 is 0.935 bits per heavy atom. The van der Waals surface area contributed by atoms with Crippen molar-refractivity contribution in [3.8, 4) is 0 Å². The van der Waals surface area contributed by atoms with E-state index in [-0.39, 0.29) is 18.9 Å². The Bertz CT molecular complexity index is 2070. The maximum Gasteiger partial charge on any atom is 0.220 e. The van der Waals surface area contributed by atoms with Gasteiger partial charge in [-0.1, -0.05) is 371 Å². The van der Waals surface area contributed by atoms with Crippen LogP contribution >= 0.6 is 0 Å². The first-order valence-corrected chi connectivity index (χ1v) is 44.7. The molecule has 3 aliphatic heterocycles. The molecule has 3 aliphatic rings. The van der Waals surface area contributed by atoms with E-state index in [4.69, 9.17) is 28.4 Å². The predicted molar refractivity (Wildman–Crippen MR) is 429 cm³/mol. The summed E-state index contributed by atoms with van der Waals surface area (Å²) in [4.78, 5) is 13.5. The van der Waals surface area contributed by atoms with E-state index in [1.807, 2.05) is 6.08 Å². The lowest BCUT2D eigenvalue weighted by Crippen LogP contribution is -2.66. The lowest BCUT2D eigenvalue weighted by Gasteiger charge is -2.48. The third-order valence-electron chi connectivity index (χ3n) is 22.4. The Labute approximate surface area is 651 Å². The van der Waals surface area contributed by atoms with Crippen molar-refractivity contribution in [1.29, 1.82) is 0 Å². The number of aliphatic hydroxyl groups is 11. The molecule has 630 valence electrons. The first-order chi connectivity index (χ1) is 52.3. The molecule has 3 fully saturated rings. The molecule has 17 atom stereocenters. The normalized spacial score (nSPS) is 25.6. The van der Waals surface area contributed by atoms with Crippen LogP contribution in [0, 0.1) is 0 Å². The first kappa shape index (κ1) is 99.2. The zero-order valence-corrected chi connectivity index (χ0v) is 67.9. The fraction of sp³-hybridized carbons (Fsp3) is 0.920. The molecular weight excluding hydrogens is 1360 g/mol. The van der Waals surface area contributed by atoms with Gasteiger partial charge in [0.1, 0.15) is 73.2 Å². The summed E-state index contributed by atoms with van der Waals surface area (Å²) >= 11 is 0. The van der Waals surface area contributed by atoms with Crippen LogP contribution in [-0.4, -0.2) is 193 Å². The van der Waals surface area contributed by atoms with Gasteiger partial charge in [-0.15, -0.1) is 0 Å². The lowest BCUT2D eigenvalue weighted by atomic mass is 9.96. The molecule has 0 saturated carbocycles. The highest BCUT2D eigenvalue weighted by Gasteiger charge is 2.54. The number of unbranched alkanes of at least 4 members (excludes halogenated alkanes) is 53. The van der Waals surface area contributed by atoms with Crippen LogP contribution in [0.25, 0.3) is 0 Å². The fourth-order valence-corrected chi connectivity index (χ4v) is 15.3. The Morgan fingerprint density at radius 1 is 0.327 bits per heavy atom. The van der Waals surface area contributed by atoms with Gasteiger partial charge in [0.15, 0.2) is 18.9 Å². The number of ether oxygens (including phenoxy) is 6. The van der Waals surface area contributed by atoms with Crippen LogP contribution in [0.1, 0.15) is 386 Å². The number of aliphatic hydroxyl groups excluding tert-OH is 11.